The van der Waals surface area contributed by atoms with Crippen LogP contribution in [0.5, 0.6) is 0 Å². The van der Waals surface area contributed by atoms with Crippen molar-refractivity contribution in [1.29, 1.82) is 0 Å². The van der Waals surface area contributed by atoms with Crippen molar-refractivity contribution in [3.63, 3.8) is 0 Å². The summed E-state index contributed by atoms with van der Waals surface area (Å²) in [6.45, 7) is 7.91. The van der Waals surface area contributed by atoms with Gasteiger partial charge in [-0.15, -0.1) is 0 Å². The third-order valence-electron chi connectivity index (χ3n) is 2.65. The third-order valence-corrected chi connectivity index (χ3v) is 2.65. The molecule has 1 saturated heterocycles. The van der Waals surface area contributed by atoms with Crippen molar-refractivity contribution >= 4 is 6.09 Å². The van der Waals surface area contributed by atoms with Crippen LogP contribution in [-0.4, -0.2) is 30.2 Å². The quantitative estimate of drug-likeness (QED) is 0.637. The molecule has 1 heterocycles. The van der Waals surface area contributed by atoms with E-state index >= 15 is 0 Å². The average molecular weight is 199 g/mol. The van der Waals surface area contributed by atoms with Crippen LogP contribution in [0.25, 0.3) is 0 Å². The molecule has 1 aliphatic heterocycles. The number of unbranched alkanes of at least 4 members (excludes halogenated alkanes) is 1. The lowest BCUT2D eigenvalue weighted by Crippen LogP contribution is -2.32. The van der Waals surface area contributed by atoms with Crippen molar-refractivity contribution in [2.24, 2.45) is 5.92 Å². The predicted molar refractivity (Wildman–Crippen MR) is 56.2 cm³/mol. The lowest BCUT2D eigenvalue weighted by Gasteiger charge is -2.17. The second kappa shape index (κ2) is 5.23. The topological polar surface area (TPSA) is 29.5 Å². The van der Waals surface area contributed by atoms with Gasteiger partial charge in [0.15, 0.2) is 0 Å². The summed E-state index contributed by atoms with van der Waals surface area (Å²) in [5, 5.41) is 0. The van der Waals surface area contributed by atoms with Crippen LogP contribution in [0.1, 0.15) is 40.0 Å². The lowest BCUT2D eigenvalue weighted by atomic mass is 10.1. The zero-order chi connectivity index (χ0) is 10.6. The first-order chi connectivity index (χ1) is 6.61. The van der Waals surface area contributed by atoms with Crippen molar-refractivity contribution in [2.45, 2.75) is 46.1 Å². The Hall–Kier alpha value is -0.730. The second-order valence-electron chi connectivity index (χ2n) is 4.51. The number of hydrogen-bond donors (Lipinski definition) is 0. The minimum absolute atomic E-state index is 0.137. The van der Waals surface area contributed by atoms with E-state index in [9.17, 15) is 4.79 Å². The summed E-state index contributed by atoms with van der Waals surface area (Å²) in [6.07, 6.45) is 3.41. The smallest absolute Gasteiger partial charge is 0.410 e. The number of amides is 1. The van der Waals surface area contributed by atoms with Gasteiger partial charge in [-0.05, 0) is 19.3 Å². The lowest BCUT2D eigenvalue weighted by molar-refractivity contribution is 0.157. The maximum Gasteiger partial charge on any atom is 0.410 e. The van der Waals surface area contributed by atoms with Gasteiger partial charge in [-0.3, -0.25) is 0 Å². The molecule has 1 aliphatic rings. The van der Waals surface area contributed by atoms with Gasteiger partial charge in [-0.2, -0.15) is 0 Å². The highest BCUT2D eigenvalue weighted by molar-refractivity contribution is 5.69. The first-order valence-corrected chi connectivity index (χ1v) is 5.54. The second-order valence-corrected chi connectivity index (χ2v) is 4.51. The number of ether oxygens (including phenoxy) is 1. The Morgan fingerprint density at radius 1 is 1.50 bits per heavy atom. The monoisotopic (exact) mass is 199 g/mol. The Bertz CT molecular complexity index is 192. The fraction of sp³-hybridized carbons (Fsp3) is 0.909. The molecule has 1 unspecified atom stereocenters. The summed E-state index contributed by atoms with van der Waals surface area (Å²) < 4.78 is 4.94. The molecule has 1 atom stereocenters. The molecule has 3 heteroatoms. The SMILES string of the molecule is CC(C)CCCCN1C(=O)OCC1C. The van der Waals surface area contributed by atoms with Crippen LogP contribution < -0.4 is 0 Å². The Kier molecular flexibility index (Phi) is 4.23. The minimum Gasteiger partial charge on any atom is -0.447 e. The maximum atomic E-state index is 11.2. The summed E-state index contributed by atoms with van der Waals surface area (Å²) in [5.74, 6) is 0.762. The van der Waals surface area contributed by atoms with Gasteiger partial charge < -0.3 is 9.64 Å². The minimum atomic E-state index is -0.137. The van der Waals surface area contributed by atoms with E-state index in [1.807, 2.05) is 11.8 Å². The highest BCUT2D eigenvalue weighted by atomic mass is 16.6. The van der Waals surface area contributed by atoms with E-state index < -0.39 is 0 Å². The maximum absolute atomic E-state index is 11.2. The zero-order valence-electron chi connectivity index (χ0n) is 9.45. The summed E-state index contributed by atoms with van der Waals surface area (Å²) in [7, 11) is 0. The Morgan fingerprint density at radius 2 is 2.21 bits per heavy atom. The zero-order valence-corrected chi connectivity index (χ0v) is 9.45. The molecule has 0 aromatic heterocycles. The largest absolute Gasteiger partial charge is 0.447 e. The number of rotatable bonds is 5. The molecule has 0 bridgehead atoms. The molecule has 0 radical (unpaired) electrons. The van der Waals surface area contributed by atoms with Gasteiger partial charge in [0.25, 0.3) is 0 Å². The van der Waals surface area contributed by atoms with E-state index in [0.717, 1.165) is 18.9 Å². The number of carbonyl (C=O) groups excluding carboxylic acids is 1. The molecule has 82 valence electrons. The Morgan fingerprint density at radius 3 is 2.71 bits per heavy atom. The average Bonchev–Trinajstić information content (AvgIpc) is 2.42. The van der Waals surface area contributed by atoms with Crippen LogP contribution in [0.15, 0.2) is 0 Å². The molecule has 1 fully saturated rings. The van der Waals surface area contributed by atoms with Crippen molar-refractivity contribution in [1.82, 2.24) is 4.90 Å². The van der Waals surface area contributed by atoms with E-state index in [-0.39, 0.29) is 12.1 Å². The van der Waals surface area contributed by atoms with E-state index in [2.05, 4.69) is 13.8 Å². The number of nitrogens with zero attached hydrogens (tertiary/aromatic N) is 1. The number of carbonyl (C=O) groups is 1. The van der Waals surface area contributed by atoms with Crippen LogP contribution in [-0.2, 0) is 4.74 Å². The number of hydrogen-bond acceptors (Lipinski definition) is 2. The van der Waals surface area contributed by atoms with Crippen LogP contribution in [0, 0.1) is 5.92 Å². The first kappa shape index (κ1) is 11.3. The van der Waals surface area contributed by atoms with Crippen molar-refractivity contribution in [2.75, 3.05) is 13.2 Å². The van der Waals surface area contributed by atoms with Crippen LogP contribution >= 0.6 is 0 Å². The molecule has 0 aromatic carbocycles. The molecule has 0 saturated carbocycles. The molecule has 0 aliphatic carbocycles. The molecular formula is C11H21NO2. The van der Waals surface area contributed by atoms with Crippen LogP contribution in [0.3, 0.4) is 0 Å². The van der Waals surface area contributed by atoms with Gasteiger partial charge in [-0.1, -0.05) is 26.7 Å². The standard InChI is InChI=1S/C11H21NO2/c1-9(2)6-4-5-7-12-10(3)8-14-11(12)13/h9-10H,4-8H2,1-3H3. The van der Waals surface area contributed by atoms with E-state index in [1.165, 1.54) is 12.8 Å². The van der Waals surface area contributed by atoms with E-state index in [0.29, 0.717) is 6.61 Å². The molecule has 1 amide bonds. The van der Waals surface area contributed by atoms with Gasteiger partial charge in [0.05, 0.1) is 6.04 Å². The summed E-state index contributed by atoms with van der Waals surface area (Å²) in [6, 6.07) is 0.265. The predicted octanol–water partition coefficient (Wildman–Crippen LogP) is 2.65. The highest BCUT2D eigenvalue weighted by Gasteiger charge is 2.28. The molecule has 14 heavy (non-hydrogen) atoms. The molecule has 3 nitrogen and oxygen atoms in total. The van der Waals surface area contributed by atoms with Gasteiger partial charge >= 0.3 is 6.09 Å². The fourth-order valence-corrected chi connectivity index (χ4v) is 1.69. The molecule has 1 rings (SSSR count). The van der Waals surface area contributed by atoms with Crippen molar-refractivity contribution < 1.29 is 9.53 Å². The van der Waals surface area contributed by atoms with Gasteiger partial charge in [0.1, 0.15) is 6.61 Å². The van der Waals surface area contributed by atoms with Gasteiger partial charge in [0, 0.05) is 6.54 Å². The van der Waals surface area contributed by atoms with Crippen LogP contribution in [0.2, 0.25) is 0 Å². The summed E-state index contributed by atoms with van der Waals surface area (Å²) in [4.78, 5) is 13.1. The highest BCUT2D eigenvalue weighted by Crippen LogP contribution is 2.14. The normalized spacial score (nSPS) is 21.9. The first-order valence-electron chi connectivity index (χ1n) is 5.54. The van der Waals surface area contributed by atoms with Gasteiger partial charge in [0.2, 0.25) is 0 Å². The summed E-state index contributed by atoms with van der Waals surface area (Å²) in [5.41, 5.74) is 0. The van der Waals surface area contributed by atoms with Crippen LogP contribution in [0.4, 0.5) is 4.79 Å². The molecular weight excluding hydrogens is 178 g/mol. The number of cyclic esters (lactones) is 1. The van der Waals surface area contributed by atoms with Crippen molar-refractivity contribution in [3.8, 4) is 0 Å². The molecule has 0 N–H and O–H groups in total. The van der Waals surface area contributed by atoms with E-state index in [4.69, 9.17) is 4.74 Å². The molecule has 0 aromatic rings. The third kappa shape index (κ3) is 3.20. The van der Waals surface area contributed by atoms with Crippen molar-refractivity contribution in [3.05, 3.63) is 0 Å². The Labute approximate surface area is 86.4 Å². The summed E-state index contributed by atoms with van der Waals surface area (Å²) >= 11 is 0. The Balaban J connectivity index is 2.14. The molecule has 0 spiro atoms. The fourth-order valence-electron chi connectivity index (χ4n) is 1.69. The van der Waals surface area contributed by atoms with E-state index in [1.54, 1.807) is 0 Å². The van der Waals surface area contributed by atoms with Gasteiger partial charge in [-0.25, -0.2) is 4.79 Å².